The van der Waals surface area contributed by atoms with Gasteiger partial charge in [-0.15, -0.1) is 11.6 Å². The van der Waals surface area contributed by atoms with Crippen LogP contribution in [0.25, 0.3) is 0 Å². The number of halogens is 1. The van der Waals surface area contributed by atoms with E-state index in [-0.39, 0.29) is 16.8 Å². The summed E-state index contributed by atoms with van der Waals surface area (Å²) in [6, 6.07) is 7.64. The lowest BCUT2D eigenvalue weighted by molar-refractivity contribution is 0.252. The highest BCUT2D eigenvalue weighted by atomic mass is 35.5. The summed E-state index contributed by atoms with van der Waals surface area (Å²) in [6.07, 6.45) is 0. The van der Waals surface area contributed by atoms with E-state index in [0.717, 1.165) is 5.69 Å². The van der Waals surface area contributed by atoms with Crippen LogP contribution in [-0.2, 0) is 5.41 Å². The van der Waals surface area contributed by atoms with Gasteiger partial charge in [0.1, 0.15) is 0 Å². The van der Waals surface area contributed by atoms with Crippen molar-refractivity contribution < 1.29 is 4.79 Å². The first-order valence-corrected chi connectivity index (χ1v) is 6.52. The van der Waals surface area contributed by atoms with E-state index in [2.05, 4.69) is 31.4 Å². The van der Waals surface area contributed by atoms with Crippen LogP contribution in [0.2, 0.25) is 0 Å². The molecule has 3 nitrogen and oxygen atoms in total. The van der Waals surface area contributed by atoms with Crippen molar-refractivity contribution in [3.8, 4) is 0 Å². The van der Waals surface area contributed by atoms with Crippen molar-refractivity contribution in [1.82, 2.24) is 5.32 Å². The van der Waals surface area contributed by atoms with E-state index in [0.29, 0.717) is 6.54 Å². The number of anilines is 1. The fourth-order valence-electron chi connectivity index (χ4n) is 1.46. The zero-order valence-corrected chi connectivity index (χ0v) is 12.1. The number of alkyl halides is 1. The van der Waals surface area contributed by atoms with Crippen LogP contribution in [0.3, 0.4) is 0 Å². The number of rotatable bonds is 3. The van der Waals surface area contributed by atoms with Gasteiger partial charge in [0, 0.05) is 17.6 Å². The van der Waals surface area contributed by atoms with Crippen molar-refractivity contribution in [1.29, 1.82) is 0 Å². The van der Waals surface area contributed by atoms with Crippen LogP contribution in [0.5, 0.6) is 0 Å². The zero-order valence-electron chi connectivity index (χ0n) is 11.4. The molecule has 1 rings (SSSR count). The maximum absolute atomic E-state index is 11.5. The molecule has 0 heterocycles. The highest BCUT2D eigenvalue weighted by Gasteiger charge is 2.13. The summed E-state index contributed by atoms with van der Waals surface area (Å²) in [5.74, 6) is 0. The van der Waals surface area contributed by atoms with Gasteiger partial charge < -0.3 is 10.6 Å². The number of nitrogens with one attached hydrogen (secondary N) is 2. The monoisotopic (exact) mass is 268 g/mol. The van der Waals surface area contributed by atoms with Gasteiger partial charge in [-0.1, -0.05) is 32.9 Å². The van der Waals surface area contributed by atoms with Crippen LogP contribution in [0.15, 0.2) is 24.3 Å². The van der Waals surface area contributed by atoms with E-state index in [1.54, 1.807) is 0 Å². The predicted octanol–water partition coefficient (Wildman–Crippen LogP) is 3.73. The number of carbonyl (C=O) groups is 1. The normalized spacial score (nSPS) is 12.9. The fraction of sp³-hybridized carbons (Fsp3) is 0.500. The smallest absolute Gasteiger partial charge is 0.319 e. The van der Waals surface area contributed by atoms with Gasteiger partial charge in [0.15, 0.2) is 0 Å². The Morgan fingerprint density at radius 1 is 1.28 bits per heavy atom. The van der Waals surface area contributed by atoms with Gasteiger partial charge >= 0.3 is 6.03 Å². The number of hydrogen-bond acceptors (Lipinski definition) is 1. The number of carbonyl (C=O) groups excluding carboxylic acids is 1. The largest absolute Gasteiger partial charge is 0.336 e. The van der Waals surface area contributed by atoms with E-state index in [4.69, 9.17) is 11.6 Å². The molecule has 0 aromatic heterocycles. The molecule has 2 N–H and O–H groups in total. The van der Waals surface area contributed by atoms with E-state index < -0.39 is 0 Å². The van der Waals surface area contributed by atoms with Gasteiger partial charge in [0.05, 0.1) is 0 Å². The Hall–Kier alpha value is -1.22. The molecule has 0 radical (unpaired) electrons. The van der Waals surface area contributed by atoms with Crippen LogP contribution >= 0.6 is 11.6 Å². The summed E-state index contributed by atoms with van der Waals surface area (Å²) in [6.45, 7) is 8.76. The van der Waals surface area contributed by atoms with Crippen molar-refractivity contribution in [2.45, 2.75) is 38.5 Å². The first-order chi connectivity index (χ1) is 8.29. The lowest BCUT2D eigenvalue weighted by Crippen LogP contribution is -2.32. The lowest BCUT2D eigenvalue weighted by Gasteiger charge is -2.19. The van der Waals surface area contributed by atoms with Gasteiger partial charge in [-0.05, 0) is 30.0 Å². The van der Waals surface area contributed by atoms with E-state index >= 15 is 0 Å². The molecule has 1 atom stereocenters. The maximum Gasteiger partial charge on any atom is 0.319 e. The van der Waals surface area contributed by atoms with E-state index in [1.807, 2.05) is 31.2 Å². The van der Waals surface area contributed by atoms with Crippen LogP contribution in [-0.4, -0.2) is 18.0 Å². The van der Waals surface area contributed by atoms with Gasteiger partial charge in [0.25, 0.3) is 0 Å². The summed E-state index contributed by atoms with van der Waals surface area (Å²) < 4.78 is 0. The first kappa shape index (κ1) is 14.8. The molecule has 0 aliphatic rings. The Labute approximate surface area is 114 Å². The molecule has 4 heteroatoms. The molecule has 1 aromatic rings. The molecule has 2 amide bonds. The Morgan fingerprint density at radius 3 is 2.28 bits per heavy atom. The summed E-state index contributed by atoms with van der Waals surface area (Å²) in [7, 11) is 0. The Balaban J connectivity index is 2.56. The maximum atomic E-state index is 11.5. The molecular weight excluding hydrogens is 248 g/mol. The third-order valence-electron chi connectivity index (χ3n) is 2.55. The van der Waals surface area contributed by atoms with Crippen molar-refractivity contribution in [2.75, 3.05) is 11.9 Å². The minimum Gasteiger partial charge on any atom is -0.336 e. The van der Waals surface area contributed by atoms with Crippen molar-refractivity contribution in [3.05, 3.63) is 29.8 Å². The lowest BCUT2D eigenvalue weighted by atomic mass is 9.87. The van der Waals surface area contributed by atoms with Gasteiger partial charge in [-0.2, -0.15) is 0 Å². The van der Waals surface area contributed by atoms with Crippen LogP contribution in [0, 0.1) is 0 Å². The Bertz CT molecular complexity index is 393. The van der Waals surface area contributed by atoms with Gasteiger partial charge in [-0.25, -0.2) is 4.79 Å². The van der Waals surface area contributed by atoms with Gasteiger partial charge in [-0.3, -0.25) is 0 Å². The van der Waals surface area contributed by atoms with Gasteiger partial charge in [0.2, 0.25) is 0 Å². The summed E-state index contributed by atoms with van der Waals surface area (Å²) in [5, 5.41) is 5.39. The minimum atomic E-state index is -0.231. The van der Waals surface area contributed by atoms with Crippen molar-refractivity contribution in [2.24, 2.45) is 0 Å². The molecule has 1 unspecified atom stereocenters. The topological polar surface area (TPSA) is 41.1 Å². The fourth-order valence-corrected chi connectivity index (χ4v) is 1.54. The molecule has 1 aromatic carbocycles. The molecule has 0 aliphatic heterocycles. The molecule has 0 bridgehead atoms. The third kappa shape index (κ3) is 4.96. The van der Waals surface area contributed by atoms with Crippen molar-refractivity contribution in [3.63, 3.8) is 0 Å². The standard InChI is InChI=1S/C14H21ClN2O/c1-10(15)9-16-13(18)17-12-7-5-11(6-8-12)14(2,3)4/h5-8,10H,9H2,1-4H3,(H2,16,17,18). The number of hydrogen-bond donors (Lipinski definition) is 2. The van der Waals surface area contributed by atoms with Crippen LogP contribution < -0.4 is 10.6 Å². The molecule has 0 saturated carbocycles. The average molecular weight is 269 g/mol. The van der Waals surface area contributed by atoms with E-state index in [1.165, 1.54) is 5.56 Å². The molecule has 100 valence electrons. The number of benzene rings is 1. The highest BCUT2D eigenvalue weighted by molar-refractivity contribution is 6.20. The molecule has 18 heavy (non-hydrogen) atoms. The molecular formula is C14H21ClN2O. The number of urea groups is 1. The zero-order chi connectivity index (χ0) is 13.8. The summed E-state index contributed by atoms with van der Waals surface area (Å²) in [4.78, 5) is 11.5. The predicted molar refractivity (Wildman–Crippen MR) is 77.5 cm³/mol. The van der Waals surface area contributed by atoms with Crippen molar-refractivity contribution >= 4 is 23.3 Å². The molecule has 0 fully saturated rings. The Kier molecular flexibility index (Phi) is 5.03. The summed E-state index contributed by atoms with van der Waals surface area (Å²) >= 11 is 5.75. The third-order valence-corrected chi connectivity index (χ3v) is 2.71. The molecule has 0 aliphatic carbocycles. The van der Waals surface area contributed by atoms with E-state index in [9.17, 15) is 4.79 Å². The summed E-state index contributed by atoms with van der Waals surface area (Å²) in [5.41, 5.74) is 2.14. The quantitative estimate of drug-likeness (QED) is 0.806. The SMILES string of the molecule is CC(Cl)CNC(=O)Nc1ccc(C(C)(C)C)cc1. The number of amides is 2. The average Bonchev–Trinajstić information content (AvgIpc) is 2.26. The Morgan fingerprint density at radius 2 is 1.83 bits per heavy atom. The second-order valence-electron chi connectivity index (χ2n) is 5.44. The second-order valence-corrected chi connectivity index (χ2v) is 6.19. The molecule has 0 saturated heterocycles. The first-order valence-electron chi connectivity index (χ1n) is 6.08. The minimum absolute atomic E-state index is 0.0704. The van der Waals surface area contributed by atoms with Crippen LogP contribution in [0.4, 0.5) is 10.5 Å². The second kappa shape index (κ2) is 6.10. The van der Waals surface area contributed by atoms with Crippen LogP contribution in [0.1, 0.15) is 33.3 Å². The molecule has 0 spiro atoms. The highest BCUT2D eigenvalue weighted by Crippen LogP contribution is 2.23.